The Morgan fingerprint density at radius 3 is 2.58 bits per heavy atom. The van der Waals surface area contributed by atoms with Crippen LogP contribution in [-0.2, 0) is 10.2 Å². The molecule has 1 saturated heterocycles. The van der Waals surface area contributed by atoms with E-state index in [1.54, 1.807) is 11.0 Å². The van der Waals surface area contributed by atoms with Crippen molar-refractivity contribution in [1.29, 1.82) is 0 Å². The van der Waals surface area contributed by atoms with Crippen LogP contribution >= 0.6 is 34.8 Å². The average Bonchev–Trinajstić information content (AvgIpc) is 3.26. The molecule has 2 aliphatic rings. The first kappa shape index (κ1) is 19.6. The normalized spacial score (nSPS) is 28.5. The first-order valence-electron chi connectivity index (χ1n) is 8.36. The van der Waals surface area contributed by atoms with Gasteiger partial charge < -0.3 is 14.8 Å². The Bertz CT molecular complexity index is 777. The van der Waals surface area contributed by atoms with Gasteiger partial charge in [-0.2, -0.15) is 0 Å². The van der Waals surface area contributed by atoms with Gasteiger partial charge in [0.15, 0.2) is 5.17 Å². The van der Waals surface area contributed by atoms with Crippen LogP contribution in [0.3, 0.4) is 0 Å². The number of carbonyl (C=O) groups is 1. The molecule has 5 nitrogen and oxygen atoms in total. The standard InChI is InChI=1S/C18H21Cl3N2O3/c1-16(2,3)26-15(24)23-7-6-17(9-18(17,10-23)14(21)22-25)11-4-5-12(19)13(20)8-11/h4-5,8,25H,6-7,9-10H2,1-3H3/b22-14-. The number of oxime groups is 1. The van der Waals surface area contributed by atoms with E-state index in [0.717, 1.165) is 5.56 Å². The Kier molecular flexibility index (Phi) is 4.87. The maximum atomic E-state index is 12.5. The van der Waals surface area contributed by atoms with Gasteiger partial charge in [-0.05, 0) is 51.3 Å². The zero-order chi connectivity index (χ0) is 19.3. The highest BCUT2D eigenvalue weighted by Gasteiger charge is 2.73. The number of likely N-dealkylation sites (tertiary alicyclic amines) is 1. The van der Waals surface area contributed by atoms with Crippen molar-refractivity contribution in [3.8, 4) is 0 Å². The maximum Gasteiger partial charge on any atom is 0.410 e. The van der Waals surface area contributed by atoms with Crippen LogP contribution in [0.25, 0.3) is 0 Å². The molecule has 1 amide bonds. The summed E-state index contributed by atoms with van der Waals surface area (Å²) in [6, 6.07) is 5.50. The number of amides is 1. The summed E-state index contributed by atoms with van der Waals surface area (Å²) in [6.07, 6.45) is 0.935. The molecule has 1 saturated carbocycles. The molecule has 26 heavy (non-hydrogen) atoms. The molecule has 142 valence electrons. The lowest BCUT2D eigenvalue weighted by Gasteiger charge is -2.38. The minimum absolute atomic E-state index is 0.0943. The summed E-state index contributed by atoms with van der Waals surface area (Å²) in [5.74, 6) is 0. The summed E-state index contributed by atoms with van der Waals surface area (Å²) in [5, 5.41) is 13.6. The van der Waals surface area contributed by atoms with E-state index in [4.69, 9.17) is 39.5 Å². The fourth-order valence-corrected chi connectivity index (χ4v) is 4.57. The lowest BCUT2D eigenvalue weighted by atomic mass is 9.80. The Balaban J connectivity index is 1.92. The van der Waals surface area contributed by atoms with Gasteiger partial charge in [0, 0.05) is 18.5 Å². The fraction of sp³-hybridized carbons (Fsp3) is 0.556. The van der Waals surface area contributed by atoms with Crippen LogP contribution in [-0.4, -0.2) is 40.1 Å². The van der Waals surface area contributed by atoms with Crippen molar-refractivity contribution in [2.75, 3.05) is 13.1 Å². The third-order valence-corrected chi connectivity index (χ3v) is 6.45. The molecular formula is C18H21Cl3N2O3. The zero-order valence-corrected chi connectivity index (χ0v) is 17.1. The molecule has 1 aromatic carbocycles. The van der Waals surface area contributed by atoms with Gasteiger partial charge >= 0.3 is 6.09 Å². The third-order valence-electron chi connectivity index (χ3n) is 5.27. The van der Waals surface area contributed by atoms with Crippen molar-refractivity contribution in [2.45, 2.75) is 44.6 Å². The summed E-state index contributed by atoms with van der Waals surface area (Å²) in [5.41, 5.74) is -0.572. The van der Waals surface area contributed by atoms with Crippen molar-refractivity contribution in [1.82, 2.24) is 4.90 Å². The quantitative estimate of drug-likeness (QED) is 0.402. The summed E-state index contributed by atoms with van der Waals surface area (Å²) in [4.78, 5) is 14.1. The number of fused-ring (bicyclic) bond motifs is 1. The molecule has 2 unspecified atom stereocenters. The molecule has 0 radical (unpaired) electrons. The summed E-state index contributed by atoms with van der Waals surface area (Å²) >= 11 is 18.5. The van der Waals surface area contributed by atoms with E-state index in [2.05, 4.69) is 5.16 Å². The third kappa shape index (κ3) is 3.14. The van der Waals surface area contributed by atoms with Crippen LogP contribution in [0.5, 0.6) is 0 Å². The van der Waals surface area contributed by atoms with Gasteiger partial charge in [0.1, 0.15) is 5.60 Å². The highest BCUT2D eigenvalue weighted by Crippen LogP contribution is 2.70. The molecule has 1 N–H and O–H groups in total. The minimum atomic E-state index is -0.643. The number of hydrogen-bond acceptors (Lipinski definition) is 4. The molecule has 0 aromatic heterocycles. The van der Waals surface area contributed by atoms with E-state index in [9.17, 15) is 10.0 Å². The number of rotatable bonds is 2. The van der Waals surface area contributed by atoms with Crippen molar-refractivity contribution in [2.24, 2.45) is 10.6 Å². The Morgan fingerprint density at radius 1 is 1.31 bits per heavy atom. The van der Waals surface area contributed by atoms with Gasteiger partial charge in [0.25, 0.3) is 0 Å². The first-order chi connectivity index (χ1) is 12.0. The van der Waals surface area contributed by atoms with E-state index in [0.29, 0.717) is 36.0 Å². The van der Waals surface area contributed by atoms with Crippen molar-refractivity contribution >= 4 is 46.1 Å². The topological polar surface area (TPSA) is 62.1 Å². The van der Waals surface area contributed by atoms with Crippen LogP contribution < -0.4 is 0 Å². The minimum Gasteiger partial charge on any atom is -0.444 e. The largest absolute Gasteiger partial charge is 0.444 e. The van der Waals surface area contributed by atoms with Crippen molar-refractivity contribution in [3.63, 3.8) is 0 Å². The predicted octanol–water partition coefficient (Wildman–Crippen LogP) is 5.29. The van der Waals surface area contributed by atoms with E-state index < -0.39 is 17.1 Å². The molecule has 1 aliphatic heterocycles. The number of ether oxygens (including phenoxy) is 1. The number of hydrogen-bond donors (Lipinski definition) is 1. The number of benzene rings is 1. The Morgan fingerprint density at radius 2 is 2.00 bits per heavy atom. The van der Waals surface area contributed by atoms with Gasteiger partial charge in [-0.3, -0.25) is 0 Å². The Hall–Kier alpha value is -1.17. The lowest BCUT2D eigenvalue weighted by Crippen LogP contribution is -2.48. The second-order valence-electron chi connectivity index (χ2n) is 8.01. The summed E-state index contributed by atoms with van der Waals surface area (Å²) in [6.45, 7) is 6.31. The van der Waals surface area contributed by atoms with E-state index in [1.807, 2.05) is 32.9 Å². The first-order valence-corrected chi connectivity index (χ1v) is 9.50. The number of piperidine rings is 1. The molecule has 2 fully saturated rings. The second kappa shape index (κ2) is 6.47. The second-order valence-corrected chi connectivity index (χ2v) is 9.18. The highest BCUT2D eigenvalue weighted by atomic mass is 35.5. The van der Waals surface area contributed by atoms with Crippen molar-refractivity contribution < 1.29 is 14.7 Å². The summed E-state index contributed by atoms with van der Waals surface area (Å²) in [7, 11) is 0. The van der Waals surface area contributed by atoms with Gasteiger partial charge in [0.05, 0.1) is 15.5 Å². The van der Waals surface area contributed by atoms with Crippen molar-refractivity contribution in [3.05, 3.63) is 33.8 Å². The van der Waals surface area contributed by atoms with Gasteiger partial charge in [-0.25, -0.2) is 4.79 Å². The molecule has 0 bridgehead atoms. The van der Waals surface area contributed by atoms with Crippen LogP contribution in [0.2, 0.25) is 10.0 Å². The molecule has 3 rings (SSSR count). The van der Waals surface area contributed by atoms with Crippen LogP contribution in [0.1, 0.15) is 39.2 Å². The number of halogens is 3. The molecule has 1 aromatic rings. The van der Waals surface area contributed by atoms with Crippen LogP contribution in [0.15, 0.2) is 23.4 Å². The van der Waals surface area contributed by atoms with Gasteiger partial charge in [-0.15, -0.1) is 0 Å². The van der Waals surface area contributed by atoms with E-state index >= 15 is 0 Å². The van der Waals surface area contributed by atoms with Gasteiger partial charge in [-0.1, -0.05) is 46.0 Å². The molecule has 1 aliphatic carbocycles. The van der Waals surface area contributed by atoms with E-state index in [1.165, 1.54) is 0 Å². The zero-order valence-electron chi connectivity index (χ0n) is 14.9. The molecular weight excluding hydrogens is 399 g/mol. The Labute approximate surface area is 167 Å². The summed E-state index contributed by atoms with van der Waals surface area (Å²) < 4.78 is 5.48. The molecule has 2 atom stereocenters. The average molecular weight is 420 g/mol. The number of carbonyl (C=O) groups excluding carboxylic acids is 1. The van der Waals surface area contributed by atoms with Crippen LogP contribution in [0, 0.1) is 5.41 Å². The monoisotopic (exact) mass is 418 g/mol. The maximum absolute atomic E-state index is 12.5. The molecule has 0 spiro atoms. The smallest absolute Gasteiger partial charge is 0.410 e. The molecule has 8 heteroatoms. The van der Waals surface area contributed by atoms with Crippen LogP contribution in [0.4, 0.5) is 4.79 Å². The number of nitrogens with zero attached hydrogens (tertiary/aromatic N) is 2. The molecule has 1 heterocycles. The fourth-order valence-electron chi connectivity index (χ4n) is 3.97. The highest BCUT2D eigenvalue weighted by molar-refractivity contribution is 6.67. The SMILES string of the molecule is CC(C)(C)OC(=O)N1CCC2(c3ccc(Cl)c(Cl)c3)CC2(/C(Cl)=N/O)C1. The van der Waals surface area contributed by atoms with E-state index in [-0.39, 0.29) is 10.6 Å². The predicted molar refractivity (Wildman–Crippen MR) is 103 cm³/mol. The lowest BCUT2D eigenvalue weighted by molar-refractivity contribution is 0.0176. The van der Waals surface area contributed by atoms with Gasteiger partial charge in [0.2, 0.25) is 0 Å².